The quantitative estimate of drug-likeness (QED) is 0.735. The number of nitrogens with one attached hydrogen (secondary N) is 1. The van der Waals surface area contributed by atoms with E-state index < -0.39 is 0 Å². The van der Waals surface area contributed by atoms with E-state index in [4.69, 9.17) is 4.74 Å². The molecule has 0 saturated carbocycles. The Bertz CT molecular complexity index is 822. The van der Waals surface area contributed by atoms with Gasteiger partial charge in [0.15, 0.2) is 0 Å². The van der Waals surface area contributed by atoms with Gasteiger partial charge in [0.05, 0.1) is 23.9 Å². The molecule has 0 aliphatic rings. The van der Waals surface area contributed by atoms with Crippen LogP contribution < -0.4 is 0 Å². The normalized spacial score (nSPS) is 11.9. The lowest BCUT2D eigenvalue weighted by Gasteiger charge is -2.27. The number of rotatable bonds is 6. The van der Waals surface area contributed by atoms with E-state index >= 15 is 0 Å². The lowest BCUT2D eigenvalue weighted by molar-refractivity contribution is 0.0595. The standard InChI is InChI=1S/C17H18N6O2/c1-23(15(11-25-2)14-9-5-6-10-18-14)17(24)13-8-4-3-7-12(13)16-19-21-22-20-16/h3-10,15H,11H2,1-2H3,(H,19,20,21,22)/t15-/m0/s1. The molecule has 0 spiro atoms. The topological polar surface area (TPSA) is 96.9 Å². The number of hydrogen-bond acceptors (Lipinski definition) is 6. The molecular weight excluding hydrogens is 320 g/mol. The van der Waals surface area contributed by atoms with Gasteiger partial charge in [-0.2, -0.15) is 5.21 Å². The molecule has 25 heavy (non-hydrogen) atoms. The average molecular weight is 338 g/mol. The van der Waals surface area contributed by atoms with Crippen molar-refractivity contribution in [3.63, 3.8) is 0 Å². The minimum atomic E-state index is -0.308. The first-order chi connectivity index (χ1) is 12.2. The maximum atomic E-state index is 13.1. The number of aromatic nitrogens is 5. The van der Waals surface area contributed by atoms with Crippen molar-refractivity contribution in [1.29, 1.82) is 0 Å². The number of nitrogens with zero attached hydrogens (tertiary/aromatic N) is 5. The van der Waals surface area contributed by atoms with Gasteiger partial charge < -0.3 is 9.64 Å². The van der Waals surface area contributed by atoms with Crippen molar-refractivity contribution in [2.45, 2.75) is 6.04 Å². The Morgan fingerprint density at radius 3 is 2.72 bits per heavy atom. The molecule has 0 radical (unpaired) electrons. The predicted molar refractivity (Wildman–Crippen MR) is 90.6 cm³/mol. The van der Waals surface area contributed by atoms with E-state index in [0.29, 0.717) is 23.6 Å². The first-order valence-corrected chi connectivity index (χ1v) is 7.72. The number of H-pyrrole nitrogens is 1. The highest BCUT2D eigenvalue weighted by Crippen LogP contribution is 2.24. The SMILES string of the molecule is COC[C@@H](c1ccccn1)N(C)C(=O)c1ccccc1-c1nn[nH]n1. The number of pyridine rings is 1. The molecule has 0 aliphatic heterocycles. The van der Waals surface area contributed by atoms with Crippen LogP contribution in [0.4, 0.5) is 0 Å². The Morgan fingerprint density at radius 2 is 2.04 bits per heavy atom. The number of amides is 1. The van der Waals surface area contributed by atoms with E-state index in [-0.39, 0.29) is 11.9 Å². The van der Waals surface area contributed by atoms with Crippen LogP contribution in [0.3, 0.4) is 0 Å². The fraction of sp³-hybridized carbons (Fsp3) is 0.235. The van der Waals surface area contributed by atoms with Gasteiger partial charge in [0.2, 0.25) is 5.82 Å². The molecule has 8 heteroatoms. The summed E-state index contributed by atoms with van der Waals surface area (Å²) in [6.07, 6.45) is 1.70. The van der Waals surface area contributed by atoms with Crippen LogP contribution in [-0.4, -0.2) is 57.2 Å². The summed E-state index contributed by atoms with van der Waals surface area (Å²) in [5.41, 5.74) is 1.87. The van der Waals surface area contributed by atoms with Gasteiger partial charge in [-0.05, 0) is 23.4 Å². The Labute approximate surface area is 144 Å². The molecule has 2 heterocycles. The maximum absolute atomic E-state index is 13.1. The van der Waals surface area contributed by atoms with E-state index in [0.717, 1.165) is 5.69 Å². The third-order valence-corrected chi connectivity index (χ3v) is 3.89. The molecule has 3 rings (SSSR count). The molecule has 8 nitrogen and oxygen atoms in total. The van der Waals surface area contributed by atoms with Crippen LogP contribution in [0, 0.1) is 0 Å². The smallest absolute Gasteiger partial charge is 0.254 e. The van der Waals surface area contributed by atoms with Crippen molar-refractivity contribution < 1.29 is 9.53 Å². The van der Waals surface area contributed by atoms with Crippen molar-refractivity contribution in [2.75, 3.05) is 20.8 Å². The Balaban J connectivity index is 1.94. The summed E-state index contributed by atoms with van der Waals surface area (Å²) in [6.45, 7) is 0.337. The van der Waals surface area contributed by atoms with Crippen molar-refractivity contribution in [3.8, 4) is 11.4 Å². The zero-order chi connectivity index (χ0) is 17.6. The van der Waals surface area contributed by atoms with Gasteiger partial charge in [0.25, 0.3) is 5.91 Å². The molecule has 3 aromatic rings. The maximum Gasteiger partial charge on any atom is 0.254 e. The van der Waals surface area contributed by atoms with Crippen molar-refractivity contribution in [2.24, 2.45) is 0 Å². The van der Waals surface area contributed by atoms with Gasteiger partial charge in [-0.3, -0.25) is 9.78 Å². The molecule has 2 aromatic heterocycles. The first kappa shape index (κ1) is 16.7. The second-order valence-electron chi connectivity index (χ2n) is 5.42. The van der Waals surface area contributed by atoms with Crippen molar-refractivity contribution >= 4 is 5.91 Å². The molecule has 1 amide bonds. The molecule has 1 N–H and O–H groups in total. The molecule has 1 atom stereocenters. The molecule has 0 bridgehead atoms. The van der Waals surface area contributed by atoms with E-state index in [1.54, 1.807) is 43.5 Å². The second-order valence-corrected chi connectivity index (χ2v) is 5.42. The number of benzene rings is 1. The Kier molecular flexibility index (Phi) is 5.10. The number of aromatic amines is 1. The van der Waals surface area contributed by atoms with Crippen LogP contribution in [0.2, 0.25) is 0 Å². The average Bonchev–Trinajstić information content (AvgIpc) is 3.20. The van der Waals surface area contributed by atoms with Gasteiger partial charge in [-0.15, -0.1) is 10.2 Å². The summed E-state index contributed by atoms with van der Waals surface area (Å²) >= 11 is 0. The summed E-state index contributed by atoms with van der Waals surface area (Å²) in [4.78, 5) is 19.1. The number of methoxy groups -OCH3 is 1. The van der Waals surface area contributed by atoms with Gasteiger partial charge >= 0.3 is 0 Å². The lowest BCUT2D eigenvalue weighted by Crippen LogP contribution is -2.34. The van der Waals surface area contributed by atoms with Crippen LogP contribution in [0.25, 0.3) is 11.4 Å². The highest BCUT2D eigenvalue weighted by molar-refractivity contribution is 6.00. The van der Waals surface area contributed by atoms with Crippen LogP contribution in [0.5, 0.6) is 0 Å². The number of hydrogen-bond donors (Lipinski definition) is 1. The van der Waals surface area contributed by atoms with Crippen molar-refractivity contribution in [3.05, 3.63) is 59.9 Å². The number of ether oxygens (including phenoxy) is 1. The highest BCUT2D eigenvalue weighted by atomic mass is 16.5. The van der Waals surface area contributed by atoms with Gasteiger partial charge in [0.1, 0.15) is 0 Å². The zero-order valence-corrected chi connectivity index (χ0v) is 14.0. The Morgan fingerprint density at radius 1 is 1.24 bits per heavy atom. The van der Waals surface area contributed by atoms with E-state index in [2.05, 4.69) is 25.6 Å². The summed E-state index contributed by atoms with van der Waals surface area (Å²) in [6, 6.07) is 12.4. The van der Waals surface area contributed by atoms with Gasteiger partial charge in [-0.1, -0.05) is 24.3 Å². The largest absolute Gasteiger partial charge is 0.382 e. The molecule has 0 saturated heterocycles. The molecule has 0 fully saturated rings. The molecule has 0 unspecified atom stereocenters. The number of likely N-dealkylation sites (N-methyl/N-ethyl adjacent to an activating group) is 1. The van der Waals surface area contributed by atoms with E-state index in [1.165, 1.54) is 0 Å². The summed E-state index contributed by atoms with van der Waals surface area (Å²) in [5, 5.41) is 13.9. The molecule has 0 aliphatic carbocycles. The van der Waals surface area contributed by atoms with Crippen LogP contribution >= 0.6 is 0 Å². The van der Waals surface area contributed by atoms with Gasteiger partial charge in [-0.25, -0.2) is 0 Å². The summed E-state index contributed by atoms with van der Waals surface area (Å²) in [7, 11) is 3.33. The van der Waals surface area contributed by atoms with Crippen LogP contribution in [0.15, 0.2) is 48.7 Å². The first-order valence-electron chi connectivity index (χ1n) is 7.72. The fourth-order valence-corrected chi connectivity index (χ4v) is 2.60. The zero-order valence-electron chi connectivity index (χ0n) is 14.0. The van der Waals surface area contributed by atoms with Crippen LogP contribution in [0.1, 0.15) is 22.1 Å². The molecular formula is C17H18N6O2. The minimum Gasteiger partial charge on any atom is -0.382 e. The van der Waals surface area contributed by atoms with E-state index in [9.17, 15) is 4.79 Å². The van der Waals surface area contributed by atoms with Gasteiger partial charge in [0, 0.05) is 25.9 Å². The number of carbonyl (C=O) groups excluding carboxylic acids is 1. The number of carbonyl (C=O) groups is 1. The summed E-state index contributed by atoms with van der Waals surface area (Å²) in [5.74, 6) is 0.201. The highest BCUT2D eigenvalue weighted by Gasteiger charge is 2.26. The number of tetrazole rings is 1. The lowest BCUT2D eigenvalue weighted by atomic mass is 10.0. The Hall–Kier alpha value is -3.13. The molecule has 128 valence electrons. The minimum absolute atomic E-state index is 0.173. The monoisotopic (exact) mass is 338 g/mol. The third-order valence-electron chi connectivity index (χ3n) is 3.89. The van der Waals surface area contributed by atoms with E-state index in [1.807, 2.05) is 24.3 Å². The third kappa shape index (κ3) is 3.53. The predicted octanol–water partition coefficient (Wildman–Crippen LogP) is 1.72. The summed E-state index contributed by atoms with van der Waals surface area (Å²) < 4.78 is 5.29. The van der Waals surface area contributed by atoms with Crippen molar-refractivity contribution in [1.82, 2.24) is 30.5 Å². The second kappa shape index (κ2) is 7.63. The fourth-order valence-electron chi connectivity index (χ4n) is 2.60. The molecule has 1 aromatic carbocycles. The van der Waals surface area contributed by atoms with Crippen LogP contribution in [-0.2, 0) is 4.74 Å².